The van der Waals surface area contributed by atoms with Gasteiger partial charge in [-0.1, -0.05) is 13.3 Å². The molecule has 1 rings (SSSR count). The van der Waals surface area contributed by atoms with Crippen molar-refractivity contribution in [2.45, 2.75) is 25.8 Å². The van der Waals surface area contributed by atoms with E-state index in [0.29, 0.717) is 32.7 Å². The first-order valence-electron chi connectivity index (χ1n) is 5.66. The Balaban J connectivity index is 2.65. The first kappa shape index (κ1) is 14.4. The molecule has 0 saturated carbocycles. The number of hydrogen-bond donors (Lipinski definition) is 3. The fourth-order valence-electron chi connectivity index (χ4n) is 1.61. The fraction of sp³-hybridized carbons (Fsp3) is 0.889. The number of ether oxygens (including phenoxy) is 1. The topological polar surface area (TPSA) is 109 Å². The van der Waals surface area contributed by atoms with Gasteiger partial charge in [-0.05, 0) is 6.42 Å². The van der Waals surface area contributed by atoms with Gasteiger partial charge in [-0.2, -0.15) is 17.4 Å². The number of amidine groups is 1. The van der Waals surface area contributed by atoms with Crippen LogP contribution in [0.15, 0.2) is 0 Å². The maximum atomic E-state index is 12.0. The third-order valence-corrected chi connectivity index (χ3v) is 4.18. The molecule has 1 fully saturated rings. The van der Waals surface area contributed by atoms with Gasteiger partial charge in [0.2, 0.25) is 0 Å². The number of rotatable bonds is 6. The zero-order valence-corrected chi connectivity index (χ0v) is 10.8. The van der Waals surface area contributed by atoms with Gasteiger partial charge in [0, 0.05) is 13.1 Å². The Morgan fingerprint density at radius 1 is 1.53 bits per heavy atom. The molecule has 0 aromatic heterocycles. The van der Waals surface area contributed by atoms with Gasteiger partial charge in [0.05, 0.1) is 19.3 Å². The lowest BCUT2D eigenvalue weighted by Crippen LogP contribution is -2.52. The number of morpholine rings is 1. The van der Waals surface area contributed by atoms with Gasteiger partial charge in [0.15, 0.2) is 0 Å². The van der Waals surface area contributed by atoms with Crippen molar-refractivity contribution >= 4 is 16.0 Å². The van der Waals surface area contributed by atoms with Crippen molar-refractivity contribution in [3.8, 4) is 0 Å². The largest absolute Gasteiger partial charge is 0.386 e. The summed E-state index contributed by atoms with van der Waals surface area (Å²) in [7, 11) is -3.57. The molecule has 0 bridgehead atoms. The van der Waals surface area contributed by atoms with E-state index < -0.39 is 16.3 Å². The Morgan fingerprint density at radius 3 is 2.59 bits per heavy atom. The molecule has 17 heavy (non-hydrogen) atoms. The number of nitrogens with zero attached hydrogens (tertiary/aromatic N) is 1. The molecule has 1 heterocycles. The monoisotopic (exact) mass is 264 g/mol. The minimum absolute atomic E-state index is 0.149. The molecular weight excluding hydrogens is 244 g/mol. The van der Waals surface area contributed by atoms with Crippen LogP contribution in [0.3, 0.4) is 0 Å². The molecule has 1 atom stereocenters. The van der Waals surface area contributed by atoms with Crippen LogP contribution in [0, 0.1) is 5.41 Å². The first-order valence-corrected chi connectivity index (χ1v) is 7.10. The standard InChI is InChI=1S/C9H20N4O3S/c1-2-3-8(9(10)11)12-17(14,15)13-4-6-16-7-5-13/h8,12H,2-7H2,1H3,(H3,10,11). The van der Waals surface area contributed by atoms with Crippen molar-refractivity contribution < 1.29 is 13.2 Å². The van der Waals surface area contributed by atoms with Crippen LogP contribution in [0.1, 0.15) is 19.8 Å². The molecule has 0 radical (unpaired) electrons. The van der Waals surface area contributed by atoms with E-state index in [-0.39, 0.29) is 5.84 Å². The molecule has 0 aromatic carbocycles. The predicted molar refractivity (Wildman–Crippen MR) is 65.1 cm³/mol. The Morgan fingerprint density at radius 2 is 2.12 bits per heavy atom. The highest BCUT2D eigenvalue weighted by Gasteiger charge is 2.27. The highest BCUT2D eigenvalue weighted by Crippen LogP contribution is 2.06. The summed E-state index contributed by atoms with van der Waals surface area (Å²) in [6.45, 7) is 3.40. The van der Waals surface area contributed by atoms with E-state index in [1.54, 1.807) is 0 Å². The zero-order chi connectivity index (χ0) is 12.9. The van der Waals surface area contributed by atoms with Crippen LogP contribution < -0.4 is 10.5 Å². The molecule has 0 aromatic rings. The average Bonchev–Trinajstić information content (AvgIpc) is 2.29. The molecule has 1 saturated heterocycles. The van der Waals surface area contributed by atoms with Crippen LogP contribution in [-0.4, -0.2) is 50.9 Å². The molecule has 1 aliphatic heterocycles. The molecule has 0 aliphatic carbocycles. The second-order valence-electron chi connectivity index (χ2n) is 3.93. The lowest BCUT2D eigenvalue weighted by Gasteiger charge is -2.28. The van der Waals surface area contributed by atoms with Crippen LogP contribution in [0.5, 0.6) is 0 Å². The van der Waals surface area contributed by atoms with E-state index in [1.807, 2.05) is 6.92 Å². The normalized spacial score (nSPS) is 20.1. The van der Waals surface area contributed by atoms with Crippen LogP contribution in [0.25, 0.3) is 0 Å². The van der Waals surface area contributed by atoms with Crippen LogP contribution in [-0.2, 0) is 14.9 Å². The molecule has 1 unspecified atom stereocenters. The highest BCUT2D eigenvalue weighted by atomic mass is 32.2. The Labute approximate surface area is 102 Å². The lowest BCUT2D eigenvalue weighted by molar-refractivity contribution is 0.0724. The van der Waals surface area contributed by atoms with Crippen molar-refractivity contribution in [1.29, 1.82) is 5.41 Å². The van der Waals surface area contributed by atoms with E-state index in [0.717, 1.165) is 6.42 Å². The van der Waals surface area contributed by atoms with E-state index in [4.69, 9.17) is 15.9 Å². The maximum absolute atomic E-state index is 12.0. The summed E-state index contributed by atoms with van der Waals surface area (Å²) in [6, 6.07) is -0.618. The Kier molecular flexibility index (Phi) is 5.31. The zero-order valence-electron chi connectivity index (χ0n) is 9.98. The van der Waals surface area contributed by atoms with Gasteiger partial charge >= 0.3 is 0 Å². The average molecular weight is 264 g/mol. The van der Waals surface area contributed by atoms with Crippen LogP contribution in [0.4, 0.5) is 0 Å². The quantitative estimate of drug-likeness (QED) is 0.433. The van der Waals surface area contributed by atoms with Crippen molar-refractivity contribution in [3.63, 3.8) is 0 Å². The number of nitrogens with two attached hydrogens (primary N) is 1. The van der Waals surface area contributed by atoms with E-state index in [2.05, 4.69) is 4.72 Å². The van der Waals surface area contributed by atoms with Crippen molar-refractivity contribution in [1.82, 2.24) is 9.03 Å². The summed E-state index contributed by atoms with van der Waals surface area (Å²) in [5, 5.41) is 7.36. The van der Waals surface area contributed by atoms with Crippen molar-refractivity contribution in [2.24, 2.45) is 5.73 Å². The molecule has 0 spiro atoms. The van der Waals surface area contributed by atoms with Gasteiger partial charge in [0.1, 0.15) is 5.84 Å². The van der Waals surface area contributed by atoms with Gasteiger partial charge in [-0.3, -0.25) is 5.41 Å². The second-order valence-corrected chi connectivity index (χ2v) is 5.63. The fourth-order valence-corrected chi connectivity index (χ4v) is 2.99. The van der Waals surface area contributed by atoms with Crippen LogP contribution in [0.2, 0.25) is 0 Å². The third-order valence-electron chi connectivity index (χ3n) is 2.55. The van der Waals surface area contributed by atoms with Gasteiger partial charge < -0.3 is 10.5 Å². The van der Waals surface area contributed by atoms with Crippen molar-refractivity contribution in [3.05, 3.63) is 0 Å². The van der Waals surface area contributed by atoms with E-state index >= 15 is 0 Å². The molecule has 0 amide bonds. The third kappa shape index (κ3) is 4.23. The highest BCUT2D eigenvalue weighted by molar-refractivity contribution is 7.87. The maximum Gasteiger partial charge on any atom is 0.280 e. The summed E-state index contributed by atoms with van der Waals surface area (Å²) in [5.41, 5.74) is 5.37. The minimum Gasteiger partial charge on any atom is -0.386 e. The molecule has 7 nitrogen and oxygen atoms in total. The van der Waals surface area contributed by atoms with Crippen molar-refractivity contribution in [2.75, 3.05) is 26.3 Å². The summed E-state index contributed by atoms with van der Waals surface area (Å²) in [5.74, 6) is -0.149. The predicted octanol–water partition coefficient (Wildman–Crippen LogP) is -0.742. The molecule has 8 heteroatoms. The Bertz CT molecular complexity index is 351. The van der Waals surface area contributed by atoms with Crippen LogP contribution >= 0.6 is 0 Å². The SMILES string of the molecule is CCCC(NS(=O)(=O)N1CCOCC1)C(=N)N. The number of hydrogen-bond acceptors (Lipinski definition) is 4. The minimum atomic E-state index is -3.57. The van der Waals surface area contributed by atoms with Gasteiger partial charge in [-0.15, -0.1) is 0 Å². The summed E-state index contributed by atoms with van der Waals surface area (Å²) < 4.78 is 32.8. The van der Waals surface area contributed by atoms with Gasteiger partial charge in [0.25, 0.3) is 10.2 Å². The first-order chi connectivity index (χ1) is 7.97. The molecule has 100 valence electrons. The summed E-state index contributed by atoms with van der Waals surface area (Å²) in [6.07, 6.45) is 1.29. The summed E-state index contributed by atoms with van der Waals surface area (Å²) in [4.78, 5) is 0. The lowest BCUT2D eigenvalue weighted by atomic mass is 10.2. The Hall–Kier alpha value is -0.700. The molecule has 1 aliphatic rings. The molecule has 4 N–H and O–H groups in total. The smallest absolute Gasteiger partial charge is 0.280 e. The molecular formula is C9H20N4O3S. The van der Waals surface area contributed by atoms with E-state index in [9.17, 15) is 8.42 Å². The number of nitrogens with one attached hydrogen (secondary N) is 2. The summed E-state index contributed by atoms with van der Waals surface area (Å²) >= 11 is 0. The van der Waals surface area contributed by atoms with Gasteiger partial charge in [-0.25, -0.2) is 0 Å². The van der Waals surface area contributed by atoms with E-state index in [1.165, 1.54) is 4.31 Å². The second kappa shape index (κ2) is 6.29.